The van der Waals surface area contributed by atoms with Crippen molar-refractivity contribution < 1.29 is 14.4 Å². The maximum absolute atomic E-state index is 13.8. The SMILES string of the molecule is NC(=O)c1nsc(C(=O)N(Cc2cccs2)C(C(=O)NC2CCCCC2)c2cccs2)c1N. The Morgan fingerprint density at radius 3 is 2.45 bits per heavy atom. The molecule has 3 heterocycles. The van der Waals surface area contributed by atoms with E-state index >= 15 is 0 Å². The Morgan fingerprint density at radius 1 is 1.12 bits per heavy atom. The third-order valence-corrected chi connectivity index (χ3v) is 8.28. The van der Waals surface area contributed by atoms with Gasteiger partial charge in [0, 0.05) is 15.8 Å². The number of nitrogens with one attached hydrogen (secondary N) is 1. The Bertz CT molecular complexity index is 1100. The van der Waals surface area contributed by atoms with E-state index < -0.39 is 17.9 Å². The zero-order valence-corrected chi connectivity index (χ0v) is 20.3. The summed E-state index contributed by atoms with van der Waals surface area (Å²) < 4.78 is 3.98. The Labute approximate surface area is 203 Å². The molecule has 0 aromatic carbocycles. The summed E-state index contributed by atoms with van der Waals surface area (Å²) in [5, 5.41) is 6.98. The molecule has 5 N–H and O–H groups in total. The lowest BCUT2D eigenvalue weighted by molar-refractivity contribution is -0.127. The molecule has 11 heteroatoms. The van der Waals surface area contributed by atoms with E-state index in [9.17, 15) is 14.4 Å². The molecule has 0 bridgehead atoms. The predicted octanol–water partition coefficient (Wildman–Crippen LogP) is 3.78. The number of rotatable bonds is 8. The van der Waals surface area contributed by atoms with Crippen molar-refractivity contribution in [2.45, 2.75) is 50.7 Å². The van der Waals surface area contributed by atoms with E-state index in [2.05, 4.69) is 9.69 Å². The Hall–Kier alpha value is -2.76. The van der Waals surface area contributed by atoms with Gasteiger partial charge in [0.2, 0.25) is 5.91 Å². The molecular weight excluding hydrogens is 478 g/mol. The largest absolute Gasteiger partial charge is 0.395 e. The van der Waals surface area contributed by atoms with Crippen molar-refractivity contribution in [3.05, 3.63) is 55.4 Å². The first kappa shape index (κ1) is 23.4. The molecular formula is C22H25N5O3S3. The van der Waals surface area contributed by atoms with Crippen LogP contribution in [0.5, 0.6) is 0 Å². The van der Waals surface area contributed by atoms with Crippen LogP contribution >= 0.6 is 34.2 Å². The van der Waals surface area contributed by atoms with Crippen LogP contribution < -0.4 is 16.8 Å². The molecule has 1 atom stereocenters. The normalized spacial score (nSPS) is 15.2. The van der Waals surface area contributed by atoms with Crippen LogP contribution in [0.2, 0.25) is 0 Å². The number of aromatic nitrogens is 1. The van der Waals surface area contributed by atoms with E-state index in [4.69, 9.17) is 11.5 Å². The average Bonchev–Trinajstić information content (AvgIpc) is 3.56. The van der Waals surface area contributed by atoms with Gasteiger partial charge >= 0.3 is 0 Å². The second-order valence-electron chi connectivity index (χ2n) is 7.91. The molecule has 1 aliphatic rings. The standard InChI is InChI=1S/C22H25N5O3S3/c23-16-17(20(24)28)26-33-19(16)22(30)27(12-14-8-4-10-31-14)18(15-9-5-11-32-15)21(29)25-13-6-2-1-3-7-13/h4-5,8-11,13,18H,1-3,6-7,12,23H2,(H2,24,28)(H,25,29). The molecule has 4 rings (SSSR count). The number of nitrogens with two attached hydrogens (primary N) is 2. The molecule has 3 aromatic heterocycles. The van der Waals surface area contributed by atoms with Gasteiger partial charge in [-0.1, -0.05) is 31.4 Å². The summed E-state index contributed by atoms with van der Waals surface area (Å²) in [6.45, 7) is 0.223. The number of thiophene rings is 2. The molecule has 174 valence electrons. The first-order valence-corrected chi connectivity index (χ1v) is 13.2. The minimum Gasteiger partial charge on any atom is -0.395 e. The molecule has 3 amide bonds. The first-order chi connectivity index (χ1) is 16.0. The number of carbonyl (C=O) groups is 3. The lowest BCUT2D eigenvalue weighted by Gasteiger charge is -2.32. The summed E-state index contributed by atoms with van der Waals surface area (Å²) in [4.78, 5) is 42.3. The van der Waals surface area contributed by atoms with Crippen LogP contribution in [0.4, 0.5) is 5.69 Å². The highest BCUT2D eigenvalue weighted by Crippen LogP contribution is 2.33. The van der Waals surface area contributed by atoms with E-state index in [-0.39, 0.29) is 34.8 Å². The number of nitrogens with zero attached hydrogens (tertiary/aromatic N) is 2. The van der Waals surface area contributed by atoms with Crippen molar-refractivity contribution >= 4 is 57.6 Å². The first-order valence-electron chi connectivity index (χ1n) is 10.7. The summed E-state index contributed by atoms with van der Waals surface area (Å²) in [6.07, 6.45) is 5.22. The van der Waals surface area contributed by atoms with Gasteiger partial charge in [-0.05, 0) is 47.3 Å². The van der Waals surface area contributed by atoms with Crippen molar-refractivity contribution in [1.82, 2.24) is 14.6 Å². The maximum Gasteiger partial charge on any atom is 0.270 e. The highest BCUT2D eigenvalue weighted by Gasteiger charge is 2.36. The van der Waals surface area contributed by atoms with Gasteiger partial charge in [0.1, 0.15) is 10.9 Å². The molecule has 1 unspecified atom stereocenters. The van der Waals surface area contributed by atoms with Crippen molar-refractivity contribution in [2.24, 2.45) is 5.73 Å². The third kappa shape index (κ3) is 5.26. The van der Waals surface area contributed by atoms with Crippen LogP contribution in [0, 0.1) is 0 Å². The van der Waals surface area contributed by atoms with E-state index in [1.165, 1.54) is 34.0 Å². The second-order valence-corrected chi connectivity index (χ2v) is 10.7. The topological polar surface area (TPSA) is 131 Å². The van der Waals surface area contributed by atoms with E-state index in [0.29, 0.717) is 0 Å². The van der Waals surface area contributed by atoms with Crippen molar-refractivity contribution in [3.8, 4) is 0 Å². The summed E-state index contributed by atoms with van der Waals surface area (Å²) >= 11 is 3.74. The maximum atomic E-state index is 13.8. The fourth-order valence-corrected chi connectivity index (χ4v) is 6.31. The zero-order valence-electron chi connectivity index (χ0n) is 17.9. The Balaban J connectivity index is 1.71. The predicted molar refractivity (Wildman–Crippen MR) is 131 cm³/mol. The van der Waals surface area contributed by atoms with Gasteiger partial charge in [0.15, 0.2) is 5.69 Å². The van der Waals surface area contributed by atoms with E-state index in [0.717, 1.165) is 47.0 Å². The number of hydrogen-bond donors (Lipinski definition) is 3. The van der Waals surface area contributed by atoms with E-state index in [1.807, 2.05) is 35.0 Å². The number of hydrogen-bond acceptors (Lipinski definition) is 8. The van der Waals surface area contributed by atoms with Gasteiger partial charge in [-0.15, -0.1) is 22.7 Å². The van der Waals surface area contributed by atoms with Crippen LogP contribution in [-0.4, -0.2) is 33.0 Å². The number of primary amides is 1. The van der Waals surface area contributed by atoms with Crippen LogP contribution in [0.3, 0.4) is 0 Å². The second kappa shape index (κ2) is 10.4. The number of nitrogen functional groups attached to an aromatic ring is 1. The quantitative estimate of drug-likeness (QED) is 0.430. The van der Waals surface area contributed by atoms with Crippen molar-refractivity contribution in [3.63, 3.8) is 0 Å². The van der Waals surface area contributed by atoms with E-state index in [1.54, 1.807) is 0 Å². The number of amides is 3. The molecule has 0 aliphatic heterocycles. The minimum absolute atomic E-state index is 0.0497. The summed E-state index contributed by atoms with van der Waals surface area (Å²) in [5.74, 6) is -1.46. The molecule has 0 spiro atoms. The smallest absolute Gasteiger partial charge is 0.270 e. The summed E-state index contributed by atoms with van der Waals surface area (Å²) in [6, 6.07) is 6.80. The summed E-state index contributed by atoms with van der Waals surface area (Å²) in [5.41, 5.74) is 11.2. The molecule has 33 heavy (non-hydrogen) atoms. The van der Waals surface area contributed by atoms with Crippen molar-refractivity contribution in [1.29, 1.82) is 0 Å². The third-order valence-electron chi connectivity index (χ3n) is 5.65. The molecule has 1 aliphatic carbocycles. The van der Waals surface area contributed by atoms with Gasteiger partial charge in [0.05, 0.1) is 12.2 Å². The van der Waals surface area contributed by atoms with Crippen LogP contribution in [0.1, 0.15) is 68.1 Å². The van der Waals surface area contributed by atoms with Crippen molar-refractivity contribution in [2.75, 3.05) is 5.73 Å². The van der Waals surface area contributed by atoms with Gasteiger partial charge in [-0.25, -0.2) is 0 Å². The fourth-order valence-electron chi connectivity index (χ4n) is 4.01. The molecule has 1 fully saturated rings. The highest BCUT2D eigenvalue weighted by atomic mass is 32.1. The van der Waals surface area contributed by atoms with Crippen LogP contribution in [0.25, 0.3) is 0 Å². The van der Waals surface area contributed by atoms with Crippen LogP contribution in [-0.2, 0) is 11.3 Å². The zero-order chi connectivity index (χ0) is 23.4. The van der Waals surface area contributed by atoms with Gasteiger partial charge < -0.3 is 21.7 Å². The average molecular weight is 504 g/mol. The summed E-state index contributed by atoms with van der Waals surface area (Å²) in [7, 11) is 0. The van der Waals surface area contributed by atoms with Crippen LogP contribution in [0.15, 0.2) is 35.0 Å². The lowest BCUT2D eigenvalue weighted by atomic mass is 9.95. The monoisotopic (exact) mass is 503 g/mol. The highest BCUT2D eigenvalue weighted by molar-refractivity contribution is 7.10. The fraction of sp³-hybridized carbons (Fsp3) is 0.364. The molecule has 1 saturated carbocycles. The Kier molecular flexibility index (Phi) is 7.41. The van der Waals surface area contributed by atoms with Gasteiger partial charge in [-0.3, -0.25) is 14.4 Å². The van der Waals surface area contributed by atoms with Gasteiger partial charge in [-0.2, -0.15) is 4.37 Å². The molecule has 0 saturated heterocycles. The molecule has 8 nitrogen and oxygen atoms in total. The number of anilines is 1. The van der Waals surface area contributed by atoms with Gasteiger partial charge in [0.25, 0.3) is 11.8 Å². The molecule has 0 radical (unpaired) electrons. The molecule has 3 aromatic rings. The lowest BCUT2D eigenvalue weighted by Crippen LogP contribution is -2.46. The minimum atomic E-state index is -0.833. The number of carbonyl (C=O) groups excluding carboxylic acids is 3. The Morgan fingerprint density at radius 2 is 1.85 bits per heavy atom.